The van der Waals surface area contributed by atoms with Gasteiger partial charge in [-0.1, -0.05) is 23.8 Å². The van der Waals surface area contributed by atoms with E-state index in [1.165, 1.54) is 11.3 Å². The van der Waals surface area contributed by atoms with Gasteiger partial charge in [-0.05, 0) is 12.8 Å². The van der Waals surface area contributed by atoms with Gasteiger partial charge < -0.3 is 15.4 Å². The molecular formula is C18H17ClN4O2S. The molecule has 8 heteroatoms. The Kier molecular flexibility index (Phi) is 5.39. The van der Waals surface area contributed by atoms with E-state index in [1.54, 1.807) is 25.6 Å². The fourth-order valence-corrected chi connectivity index (χ4v) is 3.79. The molecule has 1 aromatic heterocycles. The maximum absolute atomic E-state index is 12.8. The molecule has 1 amide bonds. The summed E-state index contributed by atoms with van der Waals surface area (Å²) in [5, 5.41) is 8.19. The van der Waals surface area contributed by atoms with Crippen LogP contribution in [-0.2, 0) is 0 Å². The first-order valence-corrected chi connectivity index (χ1v) is 8.99. The van der Waals surface area contributed by atoms with Crippen molar-refractivity contribution in [3.8, 4) is 5.75 Å². The van der Waals surface area contributed by atoms with Crippen molar-refractivity contribution in [2.45, 2.75) is 0 Å². The van der Waals surface area contributed by atoms with Crippen LogP contribution in [0.15, 0.2) is 33.6 Å². The monoisotopic (exact) mass is 388 g/mol. The lowest BCUT2D eigenvalue weighted by Crippen LogP contribution is -2.15. The molecule has 1 aliphatic rings. The highest BCUT2D eigenvalue weighted by Gasteiger charge is 2.21. The first-order valence-electron chi connectivity index (χ1n) is 7.73. The van der Waals surface area contributed by atoms with Crippen LogP contribution >= 0.6 is 22.9 Å². The minimum absolute atomic E-state index is 0.294. The van der Waals surface area contributed by atoms with Gasteiger partial charge in [0.25, 0.3) is 5.91 Å². The Morgan fingerprint density at radius 3 is 2.96 bits per heavy atom. The third-order valence-corrected chi connectivity index (χ3v) is 5.32. The minimum atomic E-state index is -0.303. The molecule has 134 valence electrons. The summed E-state index contributed by atoms with van der Waals surface area (Å²) in [4.78, 5) is 21.4. The van der Waals surface area contributed by atoms with E-state index >= 15 is 0 Å². The Labute approximate surface area is 160 Å². The highest BCUT2D eigenvalue weighted by atomic mass is 35.5. The van der Waals surface area contributed by atoms with Crippen molar-refractivity contribution in [2.24, 2.45) is 9.98 Å². The van der Waals surface area contributed by atoms with Crippen LogP contribution in [0.1, 0.15) is 20.8 Å². The van der Waals surface area contributed by atoms with Crippen LogP contribution in [-0.4, -0.2) is 38.5 Å². The first kappa shape index (κ1) is 18.2. The van der Waals surface area contributed by atoms with Gasteiger partial charge in [0.2, 0.25) is 0 Å². The van der Waals surface area contributed by atoms with Crippen LogP contribution in [0.3, 0.4) is 0 Å². The SMILES string of the molecule is C=Nc1c(C(=O)Nc2cc(OC)cc3c2NCC=C3)csc1C(Cl)=NC. The molecule has 0 bridgehead atoms. The van der Waals surface area contributed by atoms with Crippen molar-refractivity contribution in [3.63, 3.8) is 0 Å². The molecule has 0 fully saturated rings. The zero-order valence-electron chi connectivity index (χ0n) is 14.3. The topological polar surface area (TPSA) is 75.1 Å². The molecule has 2 N–H and O–H groups in total. The standard InChI is InChI=1S/C18H17ClN4O2S/c1-20-15-12(9-26-16(15)17(19)21-2)18(24)23-13-8-11(25-3)7-10-5-4-6-22-14(10)13/h4-5,7-9,22H,1,6H2,2-3H3,(H,23,24). The summed E-state index contributed by atoms with van der Waals surface area (Å²) in [6.45, 7) is 4.24. The number of hydrogen-bond acceptors (Lipinski definition) is 6. The largest absolute Gasteiger partial charge is 0.497 e. The van der Waals surface area contributed by atoms with E-state index in [0.29, 0.717) is 39.3 Å². The van der Waals surface area contributed by atoms with Crippen LogP contribution in [0.2, 0.25) is 0 Å². The maximum Gasteiger partial charge on any atom is 0.258 e. The Hall–Kier alpha value is -2.64. The predicted octanol–water partition coefficient (Wildman–Crippen LogP) is 4.40. The predicted molar refractivity (Wildman–Crippen MR) is 110 cm³/mol. The second-order valence-electron chi connectivity index (χ2n) is 5.38. The van der Waals surface area contributed by atoms with E-state index in [4.69, 9.17) is 16.3 Å². The summed E-state index contributed by atoms with van der Waals surface area (Å²) in [5.41, 5.74) is 3.24. The molecule has 0 unspecified atom stereocenters. The number of methoxy groups -OCH3 is 1. The highest BCUT2D eigenvalue weighted by molar-refractivity contribution is 7.15. The summed E-state index contributed by atoms with van der Waals surface area (Å²) in [6, 6.07) is 3.68. The van der Waals surface area contributed by atoms with Gasteiger partial charge in [-0.3, -0.25) is 14.8 Å². The third-order valence-electron chi connectivity index (χ3n) is 3.87. The van der Waals surface area contributed by atoms with E-state index in [2.05, 4.69) is 27.3 Å². The van der Waals surface area contributed by atoms with E-state index in [9.17, 15) is 4.79 Å². The number of anilines is 2. The molecule has 26 heavy (non-hydrogen) atoms. The summed E-state index contributed by atoms with van der Waals surface area (Å²) in [7, 11) is 3.17. The van der Waals surface area contributed by atoms with E-state index in [1.807, 2.05) is 18.2 Å². The number of hydrogen-bond donors (Lipinski definition) is 2. The molecule has 3 rings (SSSR count). The van der Waals surface area contributed by atoms with Gasteiger partial charge >= 0.3 is 0 Å². The van der Waals surface area contributed by atoms with Crippen LogP contribution in [0.5, 0.6) is 5.75 Å². The van der Waals surface area contributed by atoms with Gasteiger partial charge in [-0.25, -0.2) is 0 Å². The van der Waals surface area contributed by atoms with Crippen LogP contribution in [0, 0.1) is 0 Å². The Morgan fingerprint density at radius 1 is 1.46 bits per heavy atom. The number of ether oxygens (including phenoxy) is 1. The third kappa shape index (κ3) is 3.36. The van der Waals surface area contributed by atoms with Crippen LogP contribution < -0.4 is 15.4 Å². The number of nitrogens with zero attached hydrogens (tertiary/aromatic N) is 2. The average Bonchev–Trinajstić information content (AvgIpc) is 3.11. The lowest BCUT2D eigenvalue weighted by atomic mass is 10.1. The minimum Gasteiger partial charge on any atom is -0.497 e. The molecule has 0 radical (unpaired) electrons. The second kappa shape index (κ2) is 7.72. The summed E-state index contributed by atoms with van der Waals surface area (Å²) < 4.78 is 5.33. The molecule has 0 spiro atoms. The fourth-order valence-electron chi connectivity index (χ4n) is 2.64. The quantitative estimate of drug-likeness (QED) is 0.745. The fraction of sp³-hybridized carbons (Fsp3) is 0.167. The number of amides is 1. The number of rotatable bonds is 5. The molecule has 6 nitrogen and oxygen atoms in total. The lowest BCUT2D eigenvalue weighted by Gasteiger charge is -2.19. The number of thiophene rings is 1. The Morgan fingerprint density at radius 2 is 2.27 bits per heavy atom. The number of halogens is 1. The van der Waals surface area contributed by atoms with Gasteiger partial charge in [0.1, 0.15) is 10.9 Å². The number of fused-ring (bicyclic) bond motifs is 1. The summed E-state index contributed by atoms with van der Waals surface area (Å²) in [5.74, 6) is 0.351. The molecular weight excluding hydrogens is 372 g/mol. The molecule has 0 aliphatic carbocycles. The first-order chi connectivity index (χ1) is 12.6. The molecule has 0 saturated carbocycles. The van der Waals surface area contributed by atoms with E-state index < -0.39 is 0 Å². The molecule has 1 aliphatic heterocycles. The smallest absolute Gasteiger partial charge is 0.258 e. The number of aliphatic imine (C=N–C) groups is 2. The number of carbonyl (C=O) groups is 1. The van der Waals surface area contributed by atoms with Crippen molar-refractivity contribution in [3.05, 3.63) is 39.6 Å². The lowest BCUT2D eigenvalue weighted by molar-refractivity contribution is 0.102. The highest BCUT2D eigenvalue weighted by Crippen LogP contribution is 2.37. The molecule has 2 heterocycles. The average molecular weight is 389 g/mol. The molecule has 0 saturated heterocycles. The molecule has 1 aromatic carbocycles. The van der Waals surface area contributed by atoms with Gasteiger partial charge in [0.15, 0.2) is 0 Å². The van der Waals surface area contributed by atoms with Crippen molar-refractivity contribution in [2.75, 3.05) is 31.3 Å². The van der Waals surface area contributed by atoms with Gasteiger partial charge in [0, 0.05) is 30.6 Å². The second-order valence-corrected chi connectivity index (χ2v) is 6.61. The molecule has 2 aromatic rings. The molecule has 0 atom stereocenters. The van der Waals surface area contributed by atoms with Gasteiger partial charge in [0.05, 0.1) is 34.6 Å². The Balaban J connectivity index is 1.98. The summed E-state index contributed by atoms with van der Waals surface area (Å²) >= 11 is 7.39. The van der Waals surface area contributed by atoms with Crippen molar-refractivity contribution in [1.82, 2.24) is 0 Å². The van der Waals surface area contributed by atoms with E-state index in [-0.39, 0.29) is 5.91 Å². The van der Waals surface area contributed by atoms with Gasteiger partial charge in [-0.15, -0.1) is 11.3 Å². The summed E-state index contributed by atoms with van der Waals surface area (Å²) in [6.07, 6.45) is 3.99. The van der Waals surface area contributed by atoms with Crippen LogP contribution in [0.25, 0.3) is 6.08 Å². The number of carbonyl (C=O) groups excluding carboxylic acids is 1. The van der Waals surface area contributed by atoms with Crippen molar-refractivity contribution in [1.29, 1.82) is 0 Å². The number of benzene rings is 1. The zero-order valence-corrected chi connectivity index (χ0v) is 15.9. The van der Waals surface area contributed by atoms with Crippen molar-refractivity contribution < 1.29 is 9.53 Å². The van der Waals surface area contributed by atoms with Crippen LogP contribution in [0.4, 0.5) is 17.1 Å². The zero-order chi connectivity index (χ0) is 18.7. The number of nitrogens with one attached hydrogen (secondary N) is 2. The normalized spacial score (nSPS) is 13.0. The van der Waals surface area contributed by atoms with E-state index in [0.717, 1.165) is 11.3 Å². The van der Waals surface area contributed by atoms with Gasteiger partial charge in [-0.2, -0.15) is 0 Å². The maximum atomic E-state index is 12.8. The van der Waals surface area contributed by atoms with Crippen molar-refractivity contribution >= 4 is 63.9 Å². The Bertz CT molecular complexity index is 934.